The predicted octanol–water partition coefficient (Wildman–Crippen LogP) is 2.87. The monoisotopic (exact) mass is 226 g/mol. The molecule has 0 spiro atoms. The third-order valence-corrected chi connectivity index (χ3v) is 4.28. The highest BCUT2D eigenvalue weighted by Gasteiger charge is 2.27. The lowest BCUT2D eigenvalue weighted by Gasteiger charge is -2.37. The maximum atomic E-state index is 5.97. The van der Waals surface area contributed by atoms with Crippen molar-refractivity contribution >= 4 is 0 Å². The third-order valence-electron chi connectivity index (χ3n) is 4.28. The minimum absolute atomic E-state index is 0.624. The first-order valence-corrected chi connectivity index (χ1v) is 7.09. The Bertz CT molecular complexity index is 174. The molecule has 1 aliphatic carbocycles. The van der Waals surface area contributed by atoms with Gasteiger partial charge in [-0.15, -0.1) is 0 Å². The number of hydrogen-bond donors (Lipinski definition) is 1. The molecular weight excluding hydrogens is 196 g/mol. The maximum Gasteiger partial charge on any atom is 0.0243 e. The van der Waals surface area contributed by atoms with Crippen molar-refractivity contribution in [2.24, 2.45) is 17.6 Å². The molecule has 1 aliphatic rings. The SMILES string of the molecule is CCCCN(C)C(CN)C1CCC(C)CC1. The summed E-state index contributed by atoms with van der Waals surface area (Å²) in [4.78, 5) is 2.50. The van der Waals surface area contributed by atoms with Crippen LogP contribution < -0.4 is 5.73 Å². The molecule has 0 aromatic heterocycles. The fourth-order valence-electron chi connectivity index (χ4n) is 2.98. The number of rotatable bonds is 6. The lowest BCUT2D eigenvalue weighted by molar-refractivity contribution is 0.134. The molecule has 0 radical (unpaired) electrons. The van der Waals surface area contributed by atoms with Crippen LogP contribution in [-0.4, -0.2) is 31.1 Å². The zero-order valence-corrected chi connectivity index (χ0v) is 11.4. The molecule has 0 aromatic carbocycles. The second-order valence-electron chi connectivity index (χ2n) is 5.66. The van der Waals surface area contributed by atoms with Gasteiger partial charge in [0.15, 0.2) is 0 Å². The van der Waals surface area contributed by atoms with Gasteiger partial charge in [0.05, 0.1) is 0 Å². The molecule has 96 valence electrons. The first-order valence-electron chi connectivity index (χ1n) is 7.09. The molecule has 0 amide bonds. The average molecular weight is 226 g/mol. The predicted molar refractivity (Wildman–Crippen MR) is 71.5 cm³/mol. The van der Waals surface area contributed by atoms with Crippen LogP contribution >= 0.6 is 0 Å². The fraction of sp³-hybridized carbons (Fsp3) is 1.00. The van der Waals surface area contributed by atoms with Crippen LogP contribution in [0.3, 0.4) is 0 Å². The topological polar surface area (TPSA) is 29.3 Å². The highest BCUT2D eigenvalue weighted by molar-refractivity contribution is 4.82. The van der Waals surface area contributed by atoms with Crippen molar-refractivity contribution in [3.63, 3.8) is 0 Å². The fourth-order valence-corrected chi connectivity index (χ4v) is 2.98. The Morgan fingerprint density at radius 3 is 2.38 bits per heavy atom. The summed E-state index contributed by atoms with van der Waals surface area (Å²) in [5.41, 5.74) is 5.97. The Morgan fingerprint density at radius 1 is 1.25 bits per heavy atom. The number of nitrogens with two attached hydrogens (primary N) is 1. The molecule has 16 heavy (non-hydrogen) atoms. The van der Waals surface area contributed by atoms with Crippen LogP contribution in [0.4, 0.5) is 0 Å². The van der Waals surface area contributed by atoms with E-state index < -0.39 is 0 Å². The van der Waals surface area contributed by atoms with Crippen molar-refractivity contribution in [1.29, 1.82) is 0 Å². The number of unbranched alkanes of at least 4 members (excludes halogenated alkanes) is 1. The van der Waals surface area contributed by atoms with Crippen LogP contribution in [-0.2, 0) is 0 Å². The van der Waals surface area contributed by atoms with E-state index in [1.807, 2.05) is 0 Å². The van der Waals surface area contributed by atoms with Crippen LogP contribution in [0.15, 0.2) is 0 Å². The molecule has 0 aliphatic heterocycles. The van der Waals surface area contributed by atoms with E-state index in [0.29, 0.717) is 6.04 Å². The van der Waals surface area contributed by atoms with Gasteiger partial charge in [-0.3, -0.25) is 0 Å². The van der Waals surface area contributed by atoms with Crippen molar-refractivity contribution in [2.75, 3.05) is 20.1 Å². The Hall–Kier alpha value is -0.0800. The highest BCUT2D eigenvalue weighted by atomic mass is 15.1. The molecule has 2 nitrogen and oxygen atoms in total. The summed E-state index contributed by atoms with van der Waals surface area (Å²) >= 11 is 0. The summed E-state index contributed by atoms with van der Waals surface area (Å²) < 4.78 is 0. The van der Waals surface area contributed by atoms with Gasteiger partial charge in [0.25, 0.3) is 0 Å². The summed E-state index contributed by atoms with van der Waals surface area (Å²) in [5.74, 6) is 1.79. The zero-order chi connectivity index (χ0) is 12.0. The molecule has 1 saturated carbocycles. The molecule has 0 saturated heterocycles. The molecular formula is C14H30N2. The summed E-state index contributed by atoms with van der Waals surface area (Å²) in [6.45, 7) is 6.69. The number of nitrogens with zero attached hydrogens (tertiary/aromatic N) is 1. The van der Waals surface area contributed by atoms with E-state index in [1.54, 1.807) is 0 Å². The van der Waals surface area contributed by atoms with Crippen molar-refractivity contribution in [2.45, 2.75) is 58.4 Å². The maximum absolute atomic E-state index is 5.97. The molecule has 1 unspecified atom stereocenters. The molecule has 0 aromatic rings. The van der Waals surface area contributed by atoms with Gasteiger partial charge in [-0.1, -0.05) is 33.1 Å². The van der Waals surface area contributed by atoms with Gasteiger partial charge < -0.3 is 10.6 Å². The van der Waals surface area contributed by atoms with Crippen molar-refractivity contribution in [3.8, 4) is 0 Å². The second-order valence-corrected chi connectivity index (χ2v) is 5.66. The van der Waals surface area contributed by atoms with E-state index in [2.05, 4.69) is 25.8 Å². The smallest absolute Gasteiger partial charge is 0.0243 e. The Labute approximate surface area is 102 Å². The van der Waals surface area contributed by atoms with E-state index in [1.165, 1.54) is 45.1 Å². The standard InChI is InChI=1S/C14H30N2/c1-4-5-10-16(3)14(11-15)13-8-6-12(2)7-9-13/h12-14H,4-11,15H2,1-3H3. The van der Waals surface area contributed by atoms with Gasteiger partial charge in [0.1, 0.15) is 0 Å². The van der Waals surface area contributed by atoms with E-state index in [-0.39, 0.29) is 0 Å². The largest absolute Gasteiger partial charge is 0.329 e. The molecule has 1 fully saturated rings. The van der Waals surface area contributed by atoms with Gasteiger partial charge >= 0.3 is 0 Å². The van der Waals surface area contributed by atoms with Crippen LogP contribution in [0, 0.1) is 11.8 Å². The molecule has 0 bridgehead atoms. The van der Waals surface area contributed by atoms with Crippen LogP contribution in [0.5, 0.6) is 0 Å². The minimum Gasteiger partial charge on any atom is -0.329 e. The van der Waals surface area contributed by atoms with E-state index in [9.17, 15) is 0 Å². The first-order chi connectivity index (χ1) is 7.69. The van der Waals surface area contributed by atoms with Gasteiger partial charge in [-0.05, 0) is 44.7 Å². The summed E-state index contributed by atoms with van der Waals surface area (Å²) in [5, 5.41) is 0. The lowest BCUT2D eigenvalue weighted by atomic mass is 9.79. The third kappa shape index (κ3) is 4.06. The molecule has 1 atom stereocenters. The Balaban J connectivity index is 2.40. The van der Waals surface area contributed by atoms with Crippen molar-refractivity contribution in [1.82, 2.24) is 4.90 Å². The normalized spacial score (nSPS) is 28.3. The second kappa shape index (κ2) is 7.29. The van der Waals surface area contributed by atoms with Crippen LogP contribution in [0.2, 0.25) is 0 Å². The Morgan fingerprint density at radius 2 is 1.88 bits per heavy atom. The van der Waals surface area contributed by atoms with Crippen LogP contribution in [0.1, 0.15) is 52.4 Å². The molecule has 2 N–H and O–H groups in total. The molecule has 2 heteroatoms. The quantitative estimate of drug-likeness (QED) is 0.754. The van der Waals surface area contributed by atoms with Gasteiger partial charge in [-0.2, -0.15) is 0 Å². The van der Waals surface area contributed by atoms with Crippen LogP contribution in [0.25, 0.3) is 0 Å². The molecule has 1 rings (SSSR count). The number of hydrogen-bond acceptors (Lipinski definition) is 2. The van der Waals surface area contributed by atoms with E-state index in [4.69, 9.17) is 5.73 Å². The lowest BCUT2D eigenvalue weighted by Crippen LogP contribution is -2.44. The van der Waals surface area contributed by atoms with E-state index >= 15 is 0 Å². The Kier molecular flexibility index (Phi) is 6.37. The molecule has 0 heterocycles. The summed E-state index contributed by atoms with van der Waals surface area (Å²) in [6.07, 6.45) is 8.17. The average Bonchev–Trinajstić information content (AvgIpc) is 2.30. The summed E-state index contributed by atoms with van der Waals surface area (Å²) in [6, 6.07) is 0.624. The van der Waals surface area contributed by atoms with Gasteiger partial charge in [-0.25, -0.2) is 0 Å². The van der Waals surface area contributed by atoms with Crippen molar-refractivity contribution < 1.29 is 0 Å². The zero-order valence-electron chi connectivity index (χ0n) is 11.4. The first kappa shape index (κ1) is 14.0. The van der Waals surface area contributed by atoms with Gasteiger partial charge in [0, 0.05) is 12.6 Å². The number of likely N-dealkylation sites (N-methyl/N-ethyl adjacent to an activating group) is 1. The van der Waals surface area contributed by atoms with Gasteiger partial charge in [0.2, 0.25) is 0 Å². The van der Waals surface area contributed by atoms with Crippen molar-refractivity contribution in [3.05, 3.63) is 0 Å². The van der Waals surface area contributed by atoms with E-state index in [0.717, 1.165) is 18.4 Å². The summed E-state index contributed by atoms with van der Waals surface area (Å²) in [7, 11) is 2.26. The minimum atomic E-state index is 0.624. The highest BCUT2D eigenvalue weighted by Crippen LogP contribution is 2.31.